The summed E-state index contributed by atoms with van der Waals surface area (Å²) in [6, 6.07) is 8.30. The molecule has 0 aliphatic rings. The van der Waals surface area contributed by atoms with Crippen molar-refractivity contribution in [2.45, 2.75) is 6.36 Å². The molecule has 0 aliphatic heterocycles. The normalized spacial score (nSPS) is 11.0. The maximum absolute atomic E-state index is 12.4. The van der Waals surface area contributed by atoms with Crippen LogP contribution in [0.1, 0.15) is 10.4 Å². The Morgan fingerprint density at radius 3 is 2.57 bits per heavy atom. The highest BCUT2D eigenvalue weighted by Gasteiger charge is 2.32. The van der Waals surface area contributed by atoms with E-state index in [-0.39, 0.29) is 22.6 Å². The Balaban J connectivity index is 2.45. The fraction of sp³-hybridized carbons (Fsp3) is 0.143. The summed E-state index contributed by atoms with van der Waals surface area (Å²) in [5.41, 5.74) is 0.489. The minimum absolute atomic E-state index is 0.126. The van der Waals surface area contributed by atoms with Crippen molar-refractivity contribution in [2.24, 2.45) is 0 Å². The average molecular weight is 297 g/mol. The molecule has 0 atom stereocenters. The van der Waals surface area contributed by atoms with Gasteiger partial charge in [-0.3, -0.25) is 4.98 Å². The predicted octanol–water partition coefficient (Wildman–Crippen LogP) is 3.43. The first-order chi connectivity index (χ1) is 9.90. The van der Waals surface area contributed by atoms with E-state index in [4.69, 9.17) is 0 Å². The number of halogens is 3. The van der Waals surface area contributed by atoms with Crippen LogP contribution in [0, 0.1) is 0 Å². The first-order valence-electron chi connectivity index (χ1n) is 5.80. The molecule has 2 aromatic rings. The lowest BCUT2D eigenvalue weighted by atomic mass is 10.1. The van der Waals surface area contributed by atoms with Crippen molar-refractivity contribution in [2.75, 3.05) is 7.11 Å². The molecule has 21 heavy (non-hydrogen) atoms. The van der Waals surface area contributed by atoms with Gasteiger partial charge in [0.2, 0.25) is 0 Å². The molecule has 1 aromatic heterocycles. The molecule has 0 radical (unpaired) electrons. The van der Waals surface area contributed by atoms with Crippen LogP contribution in [0.2, 0.25) is 0 Å². The molecule has 0 saturated carbocycles. The second-order valence-electron chi connectivity index (χ2n) is 3.97. The molecule has 0 aliphatic carbocycles. The fourth-order valence-corrected chi connectivity index (χ4v) is 1.71. The molecule has 1 aromatic carbocycles. The van der Waals surface area contributed by atoms with Gasteiger partial charge >= 0.3 is 12.3 Å². The summed E-state index contributed by atoms with van der Waals surface area (Å²) in [5, 5.41) is 0. The van der Waals surface area contributed by atoms with Gasteiger partial charge < -0.3 is 9.47 Å². The Kier molecular flexibility index (Phi) is 4.11. The zero-order valence-electron chi connectivity index (χ0n) is 10.8. The number of aromatic nitrogens is 1. The number of esters is 1. The Hall–Kier alpha value is -2.57. The number of para-hydroxylation sites is 1. The number of pyridine rings is 1. The summed E-state index contributed by atoms with van der Waals surface area (Å²) < 4.78 is 45.7. The van der Waals surface area contributed by atoms with Crippen LogP contribution >= 0.6 is 0 Å². The lowest BCUT2D eigenvalue weighted by Crippen LogP contribution is -2.17. The number of benzene rings is 1. The highest BCUT2D eigenvalue weighted by molar-refractivity contribution is 5.90. The lowest BCUT2D eigenvalue weighted by Gasteiger charge is -2.13. The van der Waals surface area contributed by atoms with Crippen LogP contribution in [-0.2, 0) is 4.74 Å². The summed E-state index contributed by atoms with van der Waals surface area (Å²) >= 11 is 0. The molecule has 0 fully saturated rings. The minimum Gasteiger partial charge on any atom is -0.465 e. The van der Waals surface area contributed by atoms with Crippen LogP contribution in [0.5, 0.6) is 5.75 Å². The van der Waals surface area contributed by atoms with Gasteiger partial charge in [-0.2, -0.15) is 0 Å². The van der Waals surface area contributed by atoms with E-state index < -0.39 is 12.3 Å². The van der Waals surface area contributed by atoms with E-state index in [0.29, 0.717) is 0 Å². The van der Waals surface area contributed by atoms with Crippen LogP contribution in [0.25, 0.3) is 11.3 Å². The highest BCUT2D eigenvalue weighted by Crippen LogP contribution is 2.32. The first-order valence-corrected chi connectivity index (χ1v) is 5.80. The third-order valence-corrected chi connectivity index (χ3v) is 2.57. The van der Waals surface area contributed by atoms with Crippen molar-refractivity contribution in [1.82, 2.24) is 4.98 Å². The Labute approximate surface area is 118 Å². The second-order valence-corrected chi connectivity index (χ2v) is 3.97. The Morgan fingerprint density at radius 2 is 1.90 bits per heavy atom. The molecule has 0 N–H and O–H groups in total. The summed E-state index contributed by atoms with van der Waals surface area (Å²) in [6.07, 6.45) is -3.50. The van der Waals surface area contributed by atoms with Crippen molar-refractivity contribution in [3.8, 4) is 17.0 Å². The van der Waals surface area contributed by atoms with Gasteiger partial charge in [0.25, 0.3) is 0 Å². The molecule has 0 spiro atoms. The zero-order chi connectivity index (χ0) is 15.5. The van der Waals surface area contributed by atoms with Gasteiger partial charge in [0.15, 0.2) is 0 Å². The molecular weight excluding hydrogens is 287 g/mol. The monoisotopic (exact) mass is 297 g/mol. The molecular formula is C14H10F3NO3. The highest BCUT2D eigenvalue weighted by atomic mass is 19.4. The van der Waals surface area contributed by atoms with Crippen molar-refractivity contribution >= 4 is 5.97 Å². The maximum atomic E-state index is 12.4. The van der Waals surface area contributed by atoms with E-state index in [9.17, 15) is 18.0 Å². The fourth-order valence-electron chi connectivity index (χ4n) is 1.71. The standard InChI is InChI=1S/C14H10F3NO3/c1-20-13(19)9-6-7-18-11(8-9)10-4-2-3-5-12(10)21-14(15,16)17/h2-8H,1H3. The van der Waals surface area contributed by atoms with Crippen LogP contribution < -0.4 is 4.74 Å². The third-order valence-electron chi connectivity index (χ3n) is 2.57. The molecule has 0 bridgehead atoms. The number of rotatable bonds is 3. The molecule has 4 nitrogen and oxygen atoms in total. The minimum atomic E-state index is -4.81. The molecule has 1 heterocycles. The quantitative estimate of drug-likeness (QED) is 0.814. The van der Waals surface area contributed by atoms with Crippen molar-refractivity contribution in [3.05, 3.63) is 48.2 Å². The summed E-state index contributed by atoms with van der Waals surface area (Å²) in [6.45, 7) is 0. The number of methoxy groups -OCH3 is 1. The Bertz CT molecular complexity index is 656. The smallest absolute Gasteiger partial charge is 0.465 e. The summed E-state index contributed by atoms with van der Waals surface area (Å²) in [4.78, 5) is 15.4. The largest absolute Gasteiger partial charge is 0.573 e. The third kappa shape index (κ3) is 3.71. The molecule has 110 valence electrons. The van der Waals surface area contributed by atoms with Gasteiger partial charge in [-0.1, -0.05) is 12.1 Å². The number of carbonyl (C=O) groups excluding carboxylic acids is 1. The van der Waals surface area contributed by atoms with Crippen LogP contribution in [0.3, 0.4) is 0 Å². The average Bonchev–Trinajstić information content (AvgIpc) is 2.45. The number of alkyl halides is 3. The first kappa shape index (κ1) is 14.8. The Morgan fingerprint density at radius 1 is 1.19 bits per heavy atom. The van der Waals surface area contributed by atoms with Crippen molar-refractivity contribution < 1.29 is 27.4 Å². The van der Waals surface area contributed by atoms with E-state index >= 15 is 0 Å². The molecule has 7 heteroatoms. The van der Waals surface area contributed by atoms with Gasteiger partial charge in [0.05, 0.1) is 18.4 Å². The van der Waals surface area contributed by atoms with Crippen LogP contribution in [-0.4, -0.2) is 24.4 Å². The van der Waals surface area contributed by atoms with Crippen LogP contribution in [0.15, 0.2) is 42.6 Å². The predicted molar refractivity (Wildman–Crippen MR) is 67.7 cm³/mol. The van der Waals surface area contributed by atoms with E-state index in [0.717, 1.165) is 0 Å². The SMILES string of the molecule is COC(=O)c1ccnc(-c2ccccc2OC(F)(F)F)c1. The van der Waals surface area contributed by atoms with Crippen molar-refractivity contribution in [1.29, 1.82) is 0 Å². The lowest BCUT2D eigenvalue weighted by molar-refractivity contribution is -0.274. The maximum Gasteiger partial charge on any atom is 0.573 e. The van der Waals surface area contributed by atoms with E-state index in [1.165, 1.54) is 43.6 Å². The molecule has 0 saturated heterocycles. The second kappa shape index (κ2) is 5.82. The van der Waals surface area contributed by atoms with Gasteiger partial charge in [0.1, 0.15) is 5.75 Å². The topological polar surface area (TPSA) is 48.4 Å². The number of hydrogen-bond acceptors (Lipinski definition) is 4. The number of carbonyl (C=O) groups is 1. The number of nitrogens with zero attached hydrogens (tertiary/aromatic N) is 1. The van der Waals surface area contributed by atoms with E-state index in [1.807, 2.05) is 0 Å². The van der Waals surface area contributed by atoms with Gasteiger partial charge in [-0.15, -0.1) is 13.2 Å². The number of ether oxygens (including phenoxy) is 2. The van der Waals surface area contributed by atoms with Crippen molar-refractivity contribution in [3.63, 3.8) is 0 Å². The summed E-state index contributed by atoms with van der Waals surface area (Å²) in [5.74, 6) is -0.993. The zero-order valence-corrected chi connectivity index (χ0v) is 10.8. The van der Waals surface area contributed by atoms with Crippen LogP contribution in [0.4, 0.5) is 13.2 Å². The van der Waals surface area contributed by atoms with Gasteiger partial charge in [-0.25, -0.2) is 4.79 Å². The molecule has 0 amide bonds. The number of hydrogen-bond donors (Lipinski definition) is 0. The van der Waals surface area contributed by atoms with E-state index in [2.05, 4.69) is 14.5 Å². The molecule has 0 unspecified atom stereocenters. The van der Waals surface area contributed by atoms with Gasteiger partial charge in [0, 0.05) is 11.8 Å². The molecule has 2 rings (SSSR count). The van der Waals surface area contributed by atoms with E-state index in [1.54, 1.807) is 6.07 Å². The van der Waals surface area contributed by atoms with Gasteiger partial charge in [-0.05, 0) is 24.3 Å². The summed E-state index contributed by atoms with van der Waals surface area (Å²) in [7, 11) is 1.21.